The van der Waals surface area contributed by atoms with E-state index in [1.54, 1.807) is 72.8 Å². The van der Waals surface area contributed by atoms with E-state index in [0.29, 0.717) is 39.0 Å². The lowest BCUT2D eigenvalue weighted by molar-refractivity contribution is -0.138. The average molecular weight is 886 g/mol. The molecule has 5 aromatic carbocycles. The number of anilines is 3. The number of allylic oxidation sites excluding steroid dienone is 2. The van der Waals surface area contributed by atoms with Crippen molar-refractivity contribution in [3.8, 4) is 17.2 Å². The van der Waals surface area contributed by atoms with E-state index >= 15 is 9.59 Å². The van der Waals surface area contributed by atoms with Gasteiger partial charge in [0.15, 0.2) is 11.5 Å². The van der Waals surface area contributed by atoms with Crippen molar-refractivity contribution in [1.82, 2.24) is 5.01 Å². The average Bonchev–Trinajstić information content (AvgIpc) is 3.67. The second kappa shape index (κ2) is 16.2. The molecule has 0 spiro atoms. The van der Waals surface area contributed by atoms with Crippen LogP contribution in [-0.2, 0) is 24.6 Å². The zero-order valence-corrected chi connectivity index (χ0v) is 36.2. The molecular weight excluding hydrogens is 843 g/mol. The molecule has 320 valence electrons. The van der Waals surface area contributed by atoms with Gasteiger partial charge < -0.3 is 19.5 Å². The molecule has 63 heavy (non-hydrogen) atoms. The molecular formula is C48H42Cl2N6O7. The number of rotatable bonds is 10. The zero-order valence-electron chi connectivity index (χ0n) is 34.7. The zero-order chi connectivity index (χ0) is 44.3. The van der Waals surface area contributed by atoms with Crippen molar-refractivity contribution in [2.24, 2.45) is 33.9 Å². The Kier molecular flexibility index (Phi) is 10.7. The van der Waals surface area contributed by atoms with Crippen molar-refractivity contribution in [2.75, 3.05) is 43.5 Å². The standard InChI is InChI=1S/C48H42Cl2N6O7/c1-54(2)31-13-9-29(10-14-31)51-52-30-11-15-32(16-12-30)55-44(58)35-20-19-34-36(42(35)46(55)60)25-37-45(59)56(53-39-21-8-28(49)24-38(39)50)47(61)48(37,27-6-17-33(62-3)18-7-27)43(34)26-5-22-41(63-4)40(57)23-26/h5-19,21-24,35-37,42-43,53,57H,20,25H2,1-4H3. The second-order valence-corrected chi connectivity index (χ2v) is 17.1. The number of nitrogens with zero attached hydrogens (tertiary/aromatic N) is 5. The number of ether oxygens (including phenoxy) is 2. The maximum Gasteiger partial charge on any atom is 0.260 e. The van der Waals surface area contributed by atoms with Crippen LogP contribution in [-0.4, -0.2) is 62.1 Å². The summed E-state index contributed by atoms with van der Waals surface area (Å²) in [6.45, 7) is 0. The summed E-state index contributed by atoms with van der Waals surface area (Å²) >= 11 is 12.8. The molecule has 2 aliphatic carbocycles. The molecule has 2 heterocycles. The first-order chi connectivity index (χ1) is 30.3. The number of fused-ring (bicyclic) bond motifs is 4. The Morgan fingerprint density at radius 1 is 0.778 bits per heavy atom. The molecule has 6 atom stereocenters. The van der Waals surface area contributed by atoms with Crippen molar-refractivity contribution in [2.45, 2.75) is 24.2 Å². The number of phenolic OH excluding ortho intramolecular Hbond substituents is 1. The number of hydrogen-bond acceptors (Lipinski definition) is 11. The van der Waals surface area contributed by atoms with Crippen LogP contribution < -0.4 is 24.7 Å². The highest BCUT2D eigenvalue weighted by atomic mass is 35.5. The van der Waals surface area contributed by atoms with E-state index in [4.69, 9.17) is 32.7 Å². The van der Waals surface area contributed by atoms with Crippen LogP contribution in [0, 0.1) is 23.7 Å². The fraction of sp³-hybridized carbons (Fsp3) is 0.250. The number of methoxy groups -OCH3 is 2. The van der Waals surface area contributed by atoms with Crippen molar-refractivity contribution in [3.63, 3.8) is 0 Å². The number of carbonyl (C=O) groups is 4. The van der Waals surface area contributed by atoms with E-state index in [9.17, 15) is 14.7 Å². The van der Waals surface area contributed by atoms with Crippen molar-refractivity contribution < 1.29 is 33.8 Å². The summed E-state index contributed by atoms with van der Waals surface area (Å²) < 4.78 is 10.9. The molecule has 2 N–H and O–H groups in total. The van der Waals surface area contributed by atoms with Crippen LogP contribution in [0.3, 0.4) is 0 Å². The molecule has 4 aliphatic rings. The Labute approximate surface area is 373 Å². The number of imide groups is 2. The normalized spacial score (nSPS) is 24.0. The molecule has 3 fully saturated rings. The van der Waals surface area contributed by atoms with Gasteiger partial charge in [0.1, 0.15) is 5.75 Å². The molecule has 15 heteroatoms. The number of hydrogen-bond donors (Lipinski definition) is 2. The lowest BCUT2D eigenvalue weighted by Gasteiger charge is -2.50. The third kappa shape index (κ3) is 6.86. The number of azo groups is 1. The Bertz CT molecular complexity index is 2730. The van der Waals surface area contributed by atoms with Gasteiger partial charge in [0.2, 0.25) is 11.8 Å². The van der Waals surface area contributed by atoms with Gasteiger partial charge in [-0.25, -0.2) is 0 Å². The Morgan fingerprint density at radius 2 is 1.46 bits per heavy atom. The minimum Gasteiger partial charge on any atom is -0.504 e. The summed E-state index contributed by atoms with van der Waals surface area (Å²) in [7, 11) is 6.89. The summed E-state index contributed by atoms with van der Waals surface area (Å²) in [5.41, 5.74) is 6.06. The van der Waals surface area contributed by atoms with Gasteiger partial charge in [-0.05, 0) is 121 Å². The Morgan fingerprint density at radius 3 is 2.08 bits per heavy atom. The quantitative estimate of drug-likeness (QED) is 0.0794. The van der Waals surface area contributed by atoms with Crippen LogP contribution in [0.1, 0.15) is 29.9 Å². The van der Waals surface area contributed by atoms with Gasteiger partial charge in [0.05, 0.1) is 65.2 Å². The fourth-order valence-electron chi connectivity index (χ4n) is 9.96. The molecule has 0 aromatic heterocycles. The lowest BCUT2D eigenvalue weighted by atomic mass is 9.49. The highest BCUT2D eigenvalue weighted by Crippen LogP contribution is 2.64. The molecule has 13 nitrogen and oxygen atoms in total. The first-order valence-corrected chi connectivity index (χ1v) is 21.1. The van der Waals surface area contributed by atoms with Gasteiger partial charge in [-0.3, -0.25) is 29.5 Å². The highest BCUT2D eigenvalue weighted by Gasteiger charge is 2.70. The van der Waals surface area contributed by atoms with E-state index in [-0.39, 0.29) is 41.0 Å². The van der Waals surface area contributed by atoms with Gasteiger partial charge in [-0.15, -0.1) is 0 Å². The maximum absolute atomic E-state index is 15.5. The Hall–Kier alpha value is -6.70. The molecule has 4 amide bonds. The lowest BCUT2D eigenvalue weighted by Crippen LogP contribution is -2.53. The van der Waals surface area contributed by atoms with Crippen molar-refractivity contribution in [1.29, 1.82) is 0 Å². The number of amides is 4. The van der Waals surface area contributed by atoms with E-state index in [1.807, 2.05) is 49.3 Å². The molecule has 6 unspecified atom stereocenters. The van der Waals surface area contributed by atoms with E-state index < -0.39 is 52.7 Å². The maximum atomic E-state index is 15.5. The number of aromatic hydroxyl groups is 1. The van der Waals surface area contributed by atoms with Crippen LogP contribution in [0.15, 0.2) is 131 Å². The first-order valence-electron chi connectivity index (χ1n) is 20.3. The molecule has 2 aliphatic heterocycles. The molecule has 2 saturated heterocycles. The predicted molar refractivity (Wildman–Crippen MR) is 239 cm³/mol. The smallest absolute Gasteiger partial charge is 0.260 e. The molecule has 5 aromatic rings. The second-order valence-electron chi connectivity index (χ2n) is 16.3. The molecule has 0 bridgehead atoms. The third-order valence-corrected chi connectivity index (χ3v) is 13.4. The van der Waals surface area contributed by atoms with Crippen LogP contribution in [0.4, 0.5) is 28.4 Å². The summed E-state index contributed by atoms with van der Waals surface area (Å²) in [5.74, 6) is -5.42. The number of benzene rings is 5. The van der Waals surface area contributed by atoms with Crippen molar-refractivity contribution >= 4 is 75.3 Å². The number of hydrazine groups is 1. The van der Waals surface area contributed by atoms with Crippen molar-refractivity contribution in [3.05, 3.63) is 142 Å². The van der Waals surface area contributed by atoms with Gasteiger partial charge in [-0.2, -0.15) is 15.2 Å². The fourth-order valence-corrected chi connectivity index (χ4v) is 10.4. The third-order valence-electron chi connectivity index (χ3n) is 12.9. The van der Waals surface area contributed by atoms with Crippen LogP contribution in [0.2, 0.25) is 10.0 Å². The topological polar surface area (TPSA) is 153 Å². The van der Waals surface area contributed by atoms with Gasteiger partial charge in [-0.1, -0.05) is 53.1 Å². The van der Waals surface area contributed by atoms with Gasteiger partial charge in [0.25, 0.3) is 11.8 Å². The molecule has 9 rings (SSSR count). The minimum absolute atomic E-state index is 0.0659. The summed E-state index contributed by atoms with van der Waals surface area (Å²) in [5, 5.41) is 21.5. The Balaban J connectivity index is 1.12. The minimum atomic E-state index is -1.60. The predicted octanol–water partition coefficient (Wildman–Crippen LogP) is 9.39. The van der Waals surface area contributed by atoms with Gasteiger partial charge in [0, 0.05) is 30.7 Å². The summed E-state index contributed by atoms with van der Waals surface area (Å²) in [6.07, 6.45) is 2.23. The highest BCUT2D eigenvalue weighted by molar-refractivity contribution is 6.36. The largest absolute Gasteiger partial charge is 0.504 e. The number of nitrogens with one attached hydrogen (secondary N) is 1. The molecule has 1 saturated carbocycles. The van der Waals surface area contributed by atoms with Crippen LogP contribution in [0.5, 0.6) is 17.2 Å². The summed E-state index contributed by atoms with van der Waals surface area (Å²) in [4.78, 5) is 63.0. The SMILES string of the molecule is COc1ccc(C23C(=O)N(Nc4ccc(Cl)cc4Cl)C(=O)C2CC2C(=CCC4C(=O)N(c5ccc(N=Nc6ccc(N(C)C)cc6)cc5)C(=O)C42)C3c2ccc(OC)c(O)c2)cc1. The number of carbonyl (C=O) groups excluding carboxylic acids is 4. The number of halogens is 2. The van der Waals surface area contributed by atoms with Crippen LogP contribution >= 0.6 is 23.2 Å². The monoisotopic (exact) mass is 884 g/mol. The van der Waals surface area contributed by atoms with E-state index in [2.05, 4.69) is 15.7 Å². The molecule has 0 radical (unpaired) electrons. The van der Waals surface area contributed by atoms with E-state index in [0.717, 1.165) is 16.3 Å². The summed E-state index contributed by atoms with van der Waals surface area (Å²) in [6, 6.07) is 31.0. The van der Waals surface area contributed by atoms with E-state index in [1.165, 1.54) is 31.3 Å². The van der Waals surface area contributed by atoms with Crippen LogP contribution in [0.25, 0.3) is 0 Å². The number of phenols is 1. The van der Waals surface area contributed by atoms with Gasteiger partial charge >= 0.3 is 0 Å². The first kappa shape index (κ1) is 41.6.